The van der Waals surface area contributed by atoms with Crippen molar-refractivity contribution in [2.75, 3.05) is 31.6 Å². The summed E-state index contributed by atoms with van der Waals surface area (Å²) in [7, 11) is 1.67. The quantitative estimate of drug-likeness (QED) is 0.838. The minimum Gasteiger partial charge on any atom is -0.444 e. The lowest BCUT2D eigenvalue weighted by Crippen LogP contribution is -2.52. The van der Waals surface area contributed by atoms with Crippen LogP contribution in [0.3, 0.4) is 0 Å². The number of carbonyl (C=O) groups is 1. The Labute approximate surface area is 150 Å². The smallest absolute Gasteiger partial charge is 0.415 e. The third-order valence-corrected chi connectivity index (χ3v) is 5.96. The first kappa shape index (κ1) is 16.5. The van der Waals surface area contributed by atoms with Gasteiger partial charge in [-0.25, -0.2) is 14.2 Å². The van der Waals surface area contributed by atoms with Crippen LogP contribution in [0.1, 0.15) is 12.8 Å². The van der Waals surface area contributed by atoms with Crippen LogP contribution in [0.2, 0.25) is 0 Å². The number of thiazole rings is 1. The molecule has 5 rings (SSSR count). The van der Waals surface area contributed by atoms with E-state index in [1.54, 1.807) is 24.7 Å². The number of ether oxygens (including phenoxy) is 1. The van der Waals surface area contributed by atoms with Gasteiger partial charge >= 0.3 is 6.09 Å². The van der Waals surface area contributed by atoms with Crippen molar-refractivity contribution in [2.24, 2.45) is 5.92 Å². The summed E-state index contributed by atoms with van der Waals surface area (Å²) in [6.07, 6.45) is 1.77. The van der Waals surface area contributed by atoms with E-state index in [1.165, 1.54) is 28.4 Å². The molecule has 0 aliphatic carbocycles. The van der Waals surface area contributed by atoms with Gasteiger partial charge in [0, 0.05) is 13.6 Å². The van der Waals surface area contributed by atoms with Gasteiger partial charge in [0.05, 0.1) is 10.4 Å². The van der Waals surface area contributed by atoms with Gasteiger partial charge in [0.15, 0.2) is 5.82 Å². The molecule has 4 heterocycles. The number of piperidine rings is 3. The fraction of sp³-hybridized carbons (Fsp3) is 0.444. The molecule has 0 spiro atoms. The molecule has 2 bridgehead atoms. The normalized spacial score (nSPS) is 25.0. The third-order valence-electron chi connectivity index (χ3n) is 5.09. The Hall–Kier alpha value is -1.99. The maximum absolute atomic E-state index is 13.1. The monoisotopic (exact) mass is 361 g/mol. The molecule has 1 aromatic heterocycles. The van der Waals surface area contributed by atoms with E-state index in [-0.39, 0.29) is 18.0 Å². The number of hydrogen-bond acceptors (Lipinski definition) is 5. The highest BCUT2D eigenvalue weighted by Crippen LogP contribution is 2.35. The van der Waals surface area contributed by atoms with E-state index in [9.17, 15) is 9.18 Å². The van der Waals surface area contributed by atoms with Crippen molar-refractivity contribution in [3.05, 3.63) is 35.6 Å². The lowest BCUT2D eigenvalue weighted by atomic mass is 9.86. The first-order valence-corrected chi connectivity index (χ1v) is 9.36. The van der Waals surface area contributed by atoms with Gasteiger partial charge < -0.3 is 4.74 Å². The Morgan fingerprint density at radius 1 is 1.32 bits per heavy atom. The Morgan fingerprint density at radius 3 is 2.68 bits per heavy atom. The predicted octanol–water partition coefficient (Wildman–Crippen LogP) is 3.62. The number of fused-ring (bicyclic) bond motifs is 3. The average molecular weight is 361 g/mol. The van der Waals surface area contributed by atoms with Gasteiger partial charge in [0.2, 0.25) is 0 Å². The van der Waals surface area contributed by atoms with Crippen LogP contribution >= 0.6 is 11.3 Å². The fourth-order valence-electron chi connectivity index (χ4n) is 3.62. The van der Waals surface area contributed by atoms with Crippen LogP contribution in [0.4, 0.5) is 15.0 Å². The number of aromatic nitrogens is 1. The molecule has 5 nitrogen and oxygen atoms in total. The zero-order valence-corrected chi connectivity index (χ0v) is 14.8. The minimum absolute atomic E-state index is 0.0367. The van der Waals surface area contributed by atoms with Crippen molar-refractivity contribution in [1.29, 1.82) is 0 Å². The standard InChI is InChI=1S/C18H20FN3O2S/c1-21(18(23)24-15-10-22-8-6-12(15)7-9-22)17-16(25-11-20-17)13-2-4-14(19)5-3-13/h2-5,11-12,15H,6-10H2,1H3. The number of rotatable bonds is 3. The van der Waals surface area contributed by atoms with E-state index < -0.39 is 0 Å². The number of carbonyl (C=O) groups excluding carboxylic acids is 1. The topological polar surface area (TPSA) is 45.7 Å². The summed E-state index contributed by atoms with van der Waals surface area (Å²) in [6.45, 7) is 3.04. The second-order valence-electron chi connectivity index (χ2n) is 6.63. The van der Waals surface area contributed by atoms with Gasteiger partial charge in [0.25, 0.3) is 0 Å². The molecule has 3 aliphatic rings. The highest BCUT2D eigenvalue weighted by atomic mass is 32.1. The number of benzene rings is 1. The van der Waals surface area contributed by atoms with E-state index in [0.29, 0.717) is 11.7 Å². The summed E-state index contributed by atoms with van der Waals surface area (Å²) in [4.78, 5) is 21.6. The van der Waals surface area contributed by atoms with E-state index >= 15 is 0 Å². The largest absolute Gasteiger partial charge is 0.444 e. The SMILES string of the molecule is CN(C(=O)OC1CN2CCC1CC2)c1ncsc1-c1ccc(F)cc1. The number of hydrogen-bond donors (Lipinski definition) is 0. The molecule has 3 fully saturated rings. The highest BCUT2D eigenvalue weighted by molar-refractivity contribution is 7.13. The van der Waals surface area contributed by atoms with E-state index in [0.717, 1.165) is 42.9 Å². The second-order valence-corrected chi connectivity index (χ2v) is 7.49. The summed E-state index contributed by atoms with van der Waals surface area (Å²) in [5.41, 5.74) is 2.52. The summed E-state index contributed by atoms with van der Waals surface area (Å²) < 4.78 is 18.9. The fourth-order valence-corrected chi connectivity index (χ4v) is 4.44. The van der Waals surface area contributed by atoms with Crippen molar-refractivity contribution < 1.29 is 13.9 Å². The lowest BCUT2D eigenvalue weighted by molar-refractivity contribution is -0.0307. The summed E-state index contributed by atoms with van der Waals surface area (Å²) in [5, 5.41) is 0. The molecule has 132 valence electrons. The molecular formula is C18H20FN3O2S. The molecule has 25 heavy (non-hydrogen) atoms. The van der Waals surface area contributed by atoms with Crippen molar-refractivity contribution in [1.82, 2.24) is 9.88 Å². The molecule has 1 amide bonds. The maximum atomic E-state index is 13.1. The van der Waals surface area contributed by atoms with Gasteiger partial charge in [-0.2, -0.15) is 0 Å². The van der Waals surface area contributed by atoms with Crippen molar-refractivity contribution >= 4 is 23.2 Å². The predicted molar refractivity (Wildman–Crippen MR) is 95.3 cm³/mol. The first-order valence-electron chi connectivity index (χ1n) is 8.48. The van der Waals surface area contributed by atoms with Gasteiger partial charge in [-0.15, -0.1) is 11.3 Å². The molecule has 2 aromatic rings. The van der Waals surface area contributed by atoms with Crippen molar-refractivity contribution in [3.8, 4) is 10.4 Å². The highest BCUT2D eigenvalue weighted by Gasteiger charge is 2.37. The molecular weight excluding hydrogens is 341 g/mol. The summed E-state index contributed by atoms with van der Waals surface area (Å²) in [5.74, 6) is 0.724. The number of anilines is 1. The molecule has 0 saturated carbocycles. The van der Waals surface area contributed by atoms with Crippen molar-refractivity contribution in [3.63, 3.8) is 0 Å². The Kier molecular flexibility index (Phi) is 4.43. The second kappa shape index (κ2) is 6.72. The molecule has 3 aliphatic heterocycles. The van der Waals surface area contributed by atoms with Crippen LogP contribution in [0.15, 0.2) is 29.8 Å². The van der Waals surface area contributed by atoms with Crippen LogP contribution < -0.4 is 4.90 Å². The van der Waals surface area contributed by atoms with E-state index in [4.69, 9.17) is 4.74 Å². The third kappa shape index (κ3) is 3.26. The molecule has 0 N–H and O–H groups in total. The molecule has 1 atom stereocenters. The van der Waals surface area contributed by atoms with E-state index in [1.807, 2.05) is 0 Å². The number of nitrogens with zero attached hydrogens (tertiary/aromatic N) is 3. The number of amides is 1. The van der Waals surface area contributed by atoms with Crippen LogP contribution in [0.25, 0.3) is 10.4 Å². The number of halogens is 1. The van der Waals surface area contributed by atoms with Gasteiger partial charge in [-0.05, 0) is 49.5 Å². The Bertz CT molecular complexity index is 756. The molecule has 0 radical (unpaired) electrons. The Balaban J connectivity index is 1.49. The minimum atomic E-state index is -0.381. The maximum Gasteiger partial charge on any atom is 0.415 e. The zero-order chi connectivity index (χ0) is 17.4. The molecule has 7 heteroatoms. The summed E-state index contributed by atoms with van der Waals surface area (Å²) in [6, 6.07) is 6.20. The average Bonchev–Trinajstić information content (AvgIpc) is 3.12. The van der Waals surface area contributed by atoms with Crippen LogP contribution in [0.5, 0.6) is 0 Å². The lowest BCUT2D eigenvalue weighted by Gasteiger charge is -2.44. The van der Waals surface area contributed by atoms with Crippen molar-refractivity contribution in [2.45, 2.75) is 18.9 Å². The van der Waals surface area contributed by atoms with Crippen LogP contribution in [-0.4, -0.2) is 48.8 Å². The van der Waals surface area contributed by atoms with Gasteiger partial charge in [0.1, 0.15) is 11.9 Å². The van der Waals surface area contributed by atoms with Crippen LogP contribution in [0, 0.1) is 11.7 Å². The van der Waals surface area contributed by atoms with Gasteiger partial charge in [-0.3, -0.25) is 9.80 Å². The molecule has 3 saturated heterocycles. The molecule has 1 aromatic carbocycles. The zero-order valence-electron chi connectivity index (χ0n) is 14.0. The van der Waals surface area contributed by atoms with Gasteiger partial charge in [-0.1, -0.05) is 12.1 Å². The van der Waals surface area contributed by atoms with Crippen LogP contribution in [-0.2, 0) is 4.74 Å². The molecule has 1 unspecified atom stereocenters. The Morgan fingerprint density at radius 2 is 2.04 bits per heavy atom. The van der Waals surface area contributed by atoms with E-state index in [2.05, 4.69) is 9.88 Å². The first-order chi connectivity index (χ1) is 12.1. The summed E-state index contributed by atoms with van der Waals surface area (Å²) >= 11 is 1.42.